The molecule has 11 heteroatoms. The number of fused-ring (bicyclic) bond motifs is 2. The Morgan fingerprint density at radius 1 is 0.949 bits per heavy atom. The van der Waals surface area contributed by atoms with E-state index in [1.165, 1.54) is 7.11 Å². The monoisotopic (exact) mass is 546 g/mol. The molecule has 1 atom stereocenters. The standard InChI is InChI=1S/C28H20F2N4O4S/c1-36-28-23(34-39(35)26-7-4-19(29)12-21(26)30)10-18(13-32-28)15-2-5-22-17(8-15)9-20(27(31)33-22)16-3-6-24-25(11-16)38-14-37-24/h2-13,34H,14H2,1H3,(H2,31,33). The molecule has 3 heterocycles. The second kappa shape index (κ2) is 9.84. The number of hydrogen-bond acceptors (Lipinski definition) is 7. The molecule has 0 bridgehead atoms. The van der Waals surface area contributed by atoms with Crippen LogP contribution in [0.3, 0.4) is 0 Å². The number of benzene rings is 3. The van der Waals surface area contributed by atoms with Crippen molar-refractivity contribution in [3.8, 4) is 39.6 Å². The van der Waals surface area contributed by atoms with Gasteiger partial charge < -0.3 is 19.9 Å². The van der Waals surface area contributed by atoms with Crippen molar-refractivity contribution in [2.45, 2.75) is 4.90 Å². The molecule has 1 aliphatic rings. The Labute approximate surface area is 224 Å². The molecule has 1 aliphatic heterocycles. The minimum atomic E-state index is -2.03. The van der Waals surface area contributed by atoms with Crippen LogP contribution in [-0.2, 0) is 11.0 Å². The maximum atomic E-state index is 14.2. The molecule has 196 valence electrons. The van der Waals surface area contributed by atoms with Crippen LogP contribution in [-0.4, -0.2) is 28.1 Å². The van der Waals surface area contributed by atoms with Gasteiger partial charge in [-0.15, -0.1) is 0 Å². The van der Waals surface area contributed by atoms with Crippen LogP contribution in [0.2, 0.25) is 0 Å². The van der Waals surface area contributed by atoms with E-state index in [4.69, 9.17) is 19.9 Å². The number of halogens is 2. The van der Waals surface area contributed by atoms with E-state index in [0.29, 0.717) is 34.5 Å². The van der Waals surface area contributed by atoms with E-state index in [1.807, 2.05) is 42.5 Å². The van der Waals surface area contributed by atoms with Crippen LogP contribution >= 0.6 is 0 Å². The number of nitrogens with zero attached hydrogens (tertiary/aromatic N) is 2. The van der Waals surface area contributed by atoms with Crippen molar-refractivity contribution in [3.05, 3.63) is 84.6 Å². The lowest BCUT2D eigenvalue weighted by molar-refractivity contribution is 0.174. The summed E-state index contributed by atoms with van der Waals surface area (Å²) in [6, 6.07) is 17.7. The minimum Gasteiger partial charge on any atom is -0.480 e. The van der Waals surface area contributed by atoms with Crippen molar-refractivity contribution in [3.63, 3.8) is 0 Å². The number of nitrogens with two attached hydrogens (primary N) is 1. The highest BCUT2D eigenvalue weighted by Gasteiger charge is 2.17. The number of methoxy groups -OCH3 is 1. The summed E-state index contributed by atoms with van der Waals surface area (Å²) in [5.74, 6) is 0.167. The zero-order valence-electron chi connectivity index (χ0n) is 20.4. The Bertz CT molecular complexity index is 1780. The lowest BCUT2D eigenvalue weighted by Gasteiger charge is -2.13. The molecule has 6 rings (SSSR count). The second-order valence-corrected chi connectivity index (χ2v) is 9.80. The predicted octanol–water partition coefficient (Wildman–Crippen LogP) is 5.70. The molecule has 0 saturated carbocycles. The average Bonchev–Trinajstić information content (AvgIpc) is 3.40. The van der Waals surface area contributed by atoms with E-state index in [9.17, 15) is 13.0 Å². The summed E-state index contributed by atoms with van der Waals surface area (Å²) in [4.78, 5) is 8.68. The first-order valence-corrected chi connectivity index (χ1v) is 12.8. The number of hydrogen-bond donors (Lipinski definition) is 2. The van der Waals surface area contributed by atoms with Gasteiger partial charge in [-0.2, -0.15) is 0 Å². The largest absolute Gasteiger partial charge is 0.480 e. The fourth-order valence-electron chi connectivity index (χ4n) is 4.29. The number of pyridine rings is 2. The normalized spacial score (nSPS) is 12.9. The fourth-order valence-corrected chi connectivity index (χ4v) is 5.18. The first-order valence-electron chi connectivity index (χ1n) is 11.7. The molecule has 0 fully saturated rings. The van der Waals surface area contributed by atoms with E-state index < -0.39 is 22.6 Å². The third kappa shape index (κ3) is 4.68. The summed E-state index contributed by atoms with van der Waals surface area (Å²) in [5.41, 5.74) is 10.3. The molecule has 0 amide bonds. The van der Waals surface area contributed by atoms with E-state index in [0.717, 1.165) is 34.2 Å². The molecule has 5 aromatic rings. The fraction of sp³-hybridized carbons (Fsp3) is 0.0714. The van der Waals surface area contributed by atoms with Gasteiger partial charge in [-0.05, 0) is 59.7 Å². The average molecular weight is 547 g/mol. The summed E-state index contributed by atoms with van der Waals surface area (Å²) in [6.45, 7) is 0.173. The molecule has 0 saturated heterocycles. The van der Waals surface area contributed by atoms with Crippen molar-refractivity contribution < 1.29 is 27.2 Å². The molecular weight excluding hydrogens is 526 g/mol. The quantitative estimate of drug-likeness (QED) is 0.281. The van der Waals surface area contributed by atoms with Crippen molar-refractivity contribution in [2.75, 3.05) is 24.4 Å². The van der Waals surface area contributed by atoms with Crippen molar-refractivity contribution >= 4 is 33.4 Å². The van der Waals surface area contributed by atoms with Crippen molar-refractivity contribution in [1.29, 1.82) is 0 Å². The topological polar surface area (TPSA) is 109 Å². The predicted molar refractivity (Wildman–Crippen MR) is 144 cm³/mol. The Kier molecular flexibility index (Phi) is 6.20. The number of ether oxygens (including phenoxy) is 3. The van der Waals surface area contributed by atoms with Crippen LogP contribution in [0.4, 0.5) is 20.3 Å². The first-order chi connectivity index (χ1) is 18.9. The van der Waals surface area contributed by atoms with E-state index >= 15 is 0 Å². The van der Waals surface area contributed by atoms with Crippen LogP contribution in [0.25, 0.3) is 33.2 Å². The summed E-state index contributed by atoms with van der Waals surface area (Å²) in [6.07, 6.45) is 1.61. The van der Waals surface area contributed by atoms with E-state index in [2.05, 4.69) is 14.7 Å². The molecule has 0 radical (unpaired) electrons. The van der Waals surface area contributed by atoms with E-state index in [1.54, 1.807) is 12.3 Å². The highest BCUT2D eigenvalue weighted by atomic mass is 32.2. The van der Waals surface area contributed by atoms with Gasteiger partial charge >= 0.3 is 0 Å². The summed E-state index contributed by atoms with van der Waals surface area (Å²) < 4.78 is 59.2. The Morgan fingerprint density at radius 2 is 1.77 bits per heavy atom. The minimum absolute atomic E-state index is 0.162. The van der Waals surface area contributed by atoms with Crippen LogP contribution in [0.1, 0.15) is 0 Å². The van der Waals surface area contributed by atoms with Gasteiger partial charge in [-0.25, -0.2) is 23.0 Å². The second-order valence-electron chi connectivity index (χ2n) is 8.62. The van der Waals surface area contributed by atoms with Crippen LogP contribution in [0, 0.1) is 11.6 Å². The smallest absolute Gasteiger partial charge is 0.238 e. The highest BCUT2D eigenvalue weighted by molar-refractivity contribution is 7.86. The molecule has 0 aliphatic carbocycles. The molecule has 39 heavy (non-hydrogen) atoms. The Morgan fingerprint density at radius 3 is 2.59 bits per heavy atom. The van der Waals surface area contributed by atoms with Crippen molar-refractivity contribution in [1.82, 2.24) is 9.97 Å². The van der Waals surface area contributed by atoms with E-state index in [-0.39, 0.29) is 23.3 Å². The lowest BCUT2D eigenvalue weighted by Crippen LogP contribution is -2.09. The van der Waals surface area contributed by atoms with Gasteiger partial charge in [0.25, 0.3) is 0 Å². The number of nitrogen functional groups attached to an aromatic ring is 1. The maximum Gasteiger partial charge on any atom is 0.238 e. The number of nitrogens with one attached hydrogen (secondary N) is 1. The lowest BCUT2D eigenvalue weighted by atomic mass is 10.0. The Balaban J connectivity index is 1.36. The highest BCUT2D eigenvalue weighted by Crippen LogP contribution is 2.38. The molecular formula is C28H20F2N4O4S. The number of rotatable bonds is 6. The van der Waals surface area contributed by atoms with Crippen LogP contribution in [0.15, 0.2) is 77.8 Å². The van der Waals surface area contributed by atoms with Gasteiger partial charge in [0.05, 0.1) is 17.5 Å². The zero-order valence-corrected chi connectivity index (χ0v) is 21.2. The van der Waals surface area contributed by atoms with Gasteiger partial charge in [0.2, 0.25) is 12.7 Å². The molecule has 3 N–H and O–H groups in total. The maximum absolute atomic E-state index is 14.2. The van der Waals surface area contributed by atoms with Gasteiger partial charge in [-0.3, -0.25) is 4.72 Å². The molecule has 0 spiro atoms. The van der Waals surface area contributed by atoms with Crippen molar-refractivity contribution in [2.24, 2.45) is 0 Å². The first kappa shape index (κ1) is 24.6. The van der Waals surface area contributed by atoms with Gasteiger partial charge in [-0.1, -0.05) is 12.1 Å². The third-order valence-corrected chi connectivity index (χ3v) is 7.34. The summed E-state index contributed by atoms with van der Waals surface area (Å²) >= 11 is 0. The SMILES string of the molecule is COc1ncc(-c2ccc3nc(N)c(-c4ccc5c(c4)OCO5)cc3c2)cc1NS(=O)c1ccc(F)cc1F. The van der Waals surface area contributed by atoms with Gasteiger partial charge in [0, 0.05) is 28.8 Å². The zero-order chi connectivity index (χ0) is 27.1. The summed E-state index contributed by atoms with van der Waals surface area (Å²) in [7, 11) is -0.620. The van der Waals surface area contributed by atoms with Gasteiger partial charge in [0.1, 0.15) is 23.1 Å². The molecule has 8 nitrogen and oxygen atoms in total. The third-order valence-electron chi connectivity index (χ3n) is 6.20. The molecule has 2 aromatic heterocycles. The molecule has 3 aromatic carbocycles. The van der Waals surface area contributed by atoms with Crippen LogP contribution < -0.4 is 24.7 Å². The molecule has 1 unspecified atom stereocenters. The summed E-state index contributed by atoms with van der Waals surface area (Å²) in [5, 5.41) is 0.830. The van der Waals surface area contributed by atoms with Gasteiger partial charge in [0.15, 0.2) is 22.5 Å². The van der Waals surface area contributed by atoms with Crippen LogP contribution in [0.5, 0.6) is 17.4 Å². The number of anilines is 2. The number of aromatic nitrogens is 2. The Hall–Kier alpha value is -4.77.